The van der Waals surface area contributed by atoms with Crippen molar-refractivity contribution in [1.82, 2.24) is 4.72 Å². The molecule has 5 nitrogen and oxygen atoms in total. The third-order valence-electron chi connectivity index (χ3n) is 2.40. The fraction of sp³-hybridized carbons (Fsp3) is 0.364. The van der Waals surface area contributed by atoms with Crippen LogP contribution in [0, 0.1) is 5.92 Å². The number of rotatable bonds is 5. The van der Waals surface area contributed by atoms with E-state index in [2.05, 4.69) is 4.72 Å². The Morgan fingerprint density at radius 3 is 2.11 bits per heavy atom. The predicted molar refractivity (Wildman–Crippen MR) is 73.0 cm³/mol. The first kappa shape index (κ1) is 16.2. The predicted octanol–water partition coefficient (Wildman–Crippen LogP) is 2.38. The summed E-state index contributed by atoms with van der Waals surface area (Å²) in [6, 6.07) is 2.98. The van der Waals surface area contributed by atoms with Gasteiger partial charge < -0.3 is 5.11 Å². The zero-order chi connectivity index (χ0) is 14.8. The molecule has 0 aliphatic heterocycles. The lowest BCUT2D eigenvalue weighted by Crippen LogP contribution is -2.44. The third kappa shape index (κ3) is 3.82. The van der Waals surface area contributed by atoms with Gasteiger partial charge in [0.15, 0.2) is 0 Å². The average Bonchev–Trinajstić information content (AvgIpc) is 2.24. The van der Waals surface area contributed by atoms with Gasteiger partial charge in [0, 0.05) is 0 Å². The molecule has 19 heavy (non-hydrogen) atoms. The van der Waals surface area contributed by atoms with Gasteiger partial charge in [0.1, 0.15) is 10.9 Å². The van der Waals surface area contributed by atoms with Gasteiger partial charge in [-0.15, -0.1) is 0 Å². The molecule has 0 heterocycles. The molecule has 0 spiro atoms. The monoisotopic (exact) mass is 325 g/mol. The van der Waals surface area contributed by atoms with Crippen molar-refractivity contribution in [3.8, 4) is 0 Å². The maximum Gasteiger partial charge on any atom is 0.322 e. The Balaban J connectivity index is 3.22. The quantitative estimate of drug-likeness (QED) is 0.870. The van der Waals surface area contributed by atoms with Gasteiger partial charge in [-0.3, -0.25) is 4.79 Å². The van der Waals surface area contributed by atoms with Crippen molar-refractivity contribution in [3.05, 3.63) is 28.2 Å². The molecular weight excluding hydrogens is 313 g/mol. The summed E-state index contributed by atoms with van der Waals surface area (Å²) >= 11 is 11.6. The summed E-state index contributed by atoms with van der Waals surface area (Å²) in [6.07, 6.45) is 0. The Labute approximate surface area is 121 Å². The minimum absolute atomic E-state index is 0.0621. The standard InChI is InChI=1S/C11H13Cl2NO4S/c1-6(2)9(11(15)16)14-19(17,18)10-7(12)4-3-5-8(10)13/h3-6,9,14H,1-2H3,(H,15,16). The van der Waals surface area contributed by atoms with E-state index in [-0.39, 0.29) is 14.9 Å². The lowest BCUT2D eigenvalue weighted by molar-refractivity contribution is -0.140. The van der Waals surface area contributed by atoms with Gasteiger partial charge in [-0.05, 0) is 18.1 Å². The summed E-state index contributed by atoms with van der Waals surface area (Å²) in [5, 5.41) is 8.88. The smallest absolute Gasteiger partial charge is 0.322 e. The molecule has 0 radical (unpaired) electrons. The molecule has 0 aliphatic rings. The van der Waals surface area contributed by atoms with Crippen LogP contribution in [0.1, 0.15) is 13.8 Å². The summed E-state index contributed by atoms with van der Waals surface area (Å²) in [5.41, 5.74) is 0. The number of carboxylic acid groups (broad SMARTS) is 1. The van der Waals surface area contributed by atoms with Crippen molar-refractivity contribution in [2.45, 2.75) is 24.8 Å². The summed E-state index contributed by atoms with van der Waals surface area (Å²) in [5.74, 6) is -1.68. The molecule has 0 saturated heterocycles. The topological polar surface area (TPSA) is 83.5 Å². The van der Waals surface area contributed by atoms with Crippen LogP contribution in [0.2, 0.25) is 10.0 Å². The van der Waals surface area contributed by atoms with Crippen LogP contribution in [-0.4, -0.2) is 25.5 Å². The van der Waals surface area contributed by atoms with E-state index in [1.807, 2.05) is 0 Å². The van der Waals surface area contributed by atoms with Gasteiger partial charge in [-0.2, -0.15) is 4.72 Å². The van der Waals surface area contributed by atoms with Crippen LogP contribution in [0.15, 0.2) is 23.1 Å². The maximum atomic E-state index is 12.1. The van der Waals surface area contributed by atoms with Gasteiger partial charge in [-0.25, -0.2) is 8.42 Å². The van der Waals surface area contributed by atoms with E-state index in [0.717, 1.165) is 0 Å². The van der Waals surface area contributed by atoms with E-state index in [1.165, 1.54) is 18.2 Å². The van der Waals surface area contributed by atoms with Crippen molar-refractivity contribution in [2.75, 3.05) is 0 Å². The fourth-order valence-corrected chi connectivity index (χ4v) is 3.92. The van der Waals surface area contributed by atoms with E-state index >= 15 is 0 Å². The number of carbonyl (C=O) groups is 1. The van der Waals surface area contributed by atoms with E-state index in [0.29, 0.717) is 0 Å². The van der Waals surface area contributed by atoms with Crippen molar-refractivity contribution < 1.29 is 18.3 Å². The van der Waals surface area contributed by atoms with E-state index < -0.39 is 28.0 Å². The first-order chi connectivity index (χ1) is 8.66. The molecule has 0 saturated carbocycles. The molecular formula is C11H13Cl2NO4S. The van der Waals surface area contributed by atoms with Crippen LogP contribution in [0.5, 0.6) is 0 Å². The normalized spacial score (nSPS) is 13.5. The lowest BCUT2D eigenvalue weighted by atomic mass is 10.1. The van der Waals surface area contributed by atoms with Gasteiger partial charge in [-0.1, -0.05) is 43.1 Å². The lowest BCUT2D eigenvalue weighted by Gasteiger charge is -2.18. The largest absolute Gasteiger partial charge is 0.480 e. The molecule has 0 bridgehead atoms. The van der Waals surface area contributed by atoms with Crippen LogP contribution in [0.25, 0.3) is 0 Å². The molecule has 0 aliphatic carbocycles. The highest BCUT2D eigenvalue weighted by Gasteiger charge is 2.30. The first-order valence-electron chi connectivity index (χ1n) is 5.36. The first-order valence-corrected chi connectivity index (χ1v) is 7.60. The Kier molecular flexibility index (Phi) is 5.20. The van der Waals surface area contributed by atoms with Crippen LogP contribution in [0.4, 0.5) is 0 Å². The van der Waals surface area contributed by atoms with Crippen molar-refractivity contribution >= 4 is 39.2 Å². The number of hydrogen-bond acceptors (Lipinski definition) is 3. The number of nitrogens with one attached hydrogen (secondary N) is 1. The average molecular weight is 326 g/mol. The van der Waals surface area contributed by atoms with Crippen molar-refractivity contribution in [3.63, 3.8) is 0 Å². The highest BCUT2D eigenvalue weighted by molar-refractivity contribution is 7.89. The van der Waals surface area contributed by atoms with Crippen molar-refractivity contribution in [2.24, 2.45) is 5.92 Å². The number of carboxylic acids is 1. The Bertz CT molecular complexity index is 566. The number of sulfonamides is 1. The molecule has 0 amide bonds. The van der Waals surface area contributed by atoms with E-state index in [9.17, 15) is 13.2 Å². The minimum Gasteiger partial charge on any atom is -0.480 e. The molecule has 1 atom stereocenters. The van der Waals surface area contributed by atoms with Crippen molar-refractivity contribution in [1.29, 1.82) is 0 Å². The number of halogens is 2. The molecule has 106 valence electrons. The molecule has 0 aromatic heterocycles. The molecule has 1 unspecified atom stereocenters. The molecule has 2 N–H and O–H groups in total. The second kappa shape index (κ2) is 6.09. The molecule has 1 rings (SSSR count). The zero-order valence-corrected chi connectivity index (χ0v) is 12.6. The number of benzene rings is 1. The Morgan fingerprint density at radius 1 is 1.26 bits per heavy atom. The Morgan fingerprint density at radius 2 is 1.74 bits per heavy atom. The fourth-order valence-electron chi connectivity index (χ4n) is 1.44. The van der Waals surface area contributed by atoms with Gasteiger partial charge in [0.2, 0.25) is 10.0 Å². The highest BCUT2D eigenvalue weighted by Crippen LogP contribution is 2.29. The molecule has 8 heteroatoms. The third-order valence-corrected chi connectivity index (χ3v) is 4.80. The summed E-state index contributed by atoms with van der Waals surface area (Å²) in [4.78, 5) is 10.7. The van der Waals surface area contributed by atoms with Crippen LogP contribution < -0.4 is 4.72 Å². The molecule has 1 aromatic carbocycles. The van der Waals surface area contributed by atoms with Gasteiger partial charge >= 0.3 is 5.97 Å². The van der Waals surface area contributed by atoms with Crippen LogP contribution in [0.3, 0.4) is 0 Å². The second-order valence-electron chi connectivity index (χ2n) is 4.23. The zero-order valence-electron chi connectivity index (χ0n) is 10.2. The van der Waals surface area contributed by atoms with E-state index in [4.69, 9.17) is 28.3 Å². The molecule has 0 fully saturated rings. The van der Waals surface area contributed by atoms with Crippen LogP contribution >= 0.6 is 23.2 Å². The highest BCUT2D eigenvalue weighted by atomic mass is 35.5. The maximum absolute atomic E-state index is 12.1. The number of aliphatic carboxylic acids is 1. The second-order valence-corrected chi connectivity index (χ2v) is 6.70. The summed E-state index contributed by atoms with van der Waals surface area (Å²) < 4.78 is 26.4. The Hall–Kier alpha value is -0.820. The van der Waals surface area contributed by atoms with Gasteiger partial charge in [0.25, 0.3) is 0 Å². The summed E-state index contributed by atoms with van der Waals surface area (Å²) in [6.45, 7) is 3.19. The summed E-state index contributed by atoms with van der Waals surface area (Å²) in [7, 11) is -4.11. The van der Waals surface area contributed by atoms with Crippen LogP contribution in [-0.2, 0) is 14.8 Å². The molecule has 1 aromatic rings. The number of hydrogen-bond donors (Lipinski definition) is 2. The SMILES string of the molecule is CC(C)C(NS(=O)(=O)c1c(Cl)cccc1Cl)C(=O)O. The van der Waals surface area contributed by atoms with E-state index in [1.54, 1.807) is 13.8 Å². The minimum atomic E-state index is -4.11. The van der Waals surface area contributed by atoms with Gasteiger partial charge in [0.05, 0.1) is 10.0 Å².